The molecule has 0 aromatic rings. The second kappa shape index (κ2) is 7.29. The van der Waals surface area contributed by atoms with E-state index in [9.17, 15) is 0 Å². The smallest absolute Gasteiger partial charge is 0.0241 e. The van der Waals surface area contributed by atoms with E-state index < -0.39 is 0 Å². The van der Waals surface area contributed by atoms with Gasteiger partial charge in [-0.05, 0) is 37.0 Å². The standard InChI is InChI=1S/C14H30N2/c1-4-6-11(3)9-14(16-15)13-8-7-12(5-2)10-13/h11-14,16H,4-10,15H2,1-3H3. The van der Waals surface area contributed by atoms with Crippen LogP contribution < -0.4 is 11.3 Å². The highest BCUT2D eigenvalue weighted by Crippen LogP contribution is 2.36. The summed E-state index contributed by atoms with van der Waals surface area (Å²) in [6, 6.07) is 0.554. The summed E-state index contributed by atoms with van der Waals surface area (Å²) < 4.78 is 0. The molecule has 0 aromatic carbocycles. The number of hydrazine groups is 1. The molecule has 0 amide bonds. The van der Waals surface area contributed by atoms with Gasteiger partial charge in [0, 0.05) is 6.04 Å². The molecule has 1 rings (SSSR count). The fourth-order valence-electron chi connectivity index (χ4n) is 3.29. The lowest BCUT2D eigenvalue weighted by atomic mass is 9.88. The van der Waals surface area contributed by atoms with Gasteiger partial charge in [-0.25, -0.2) is 0 Å². The Labute approximate surface area is 101 Å². The summed E-state index contributed by atoms with van der Waals surface area (Å²) in [5.41, 5.74) is 3.08. The van der Waals surface area contributed by atoms with Crippen molar-refractivity contribution in [3.05, 3.63) is 0 Å². The van der Waals surface area contributed by atoms with E-state index in [4.69, 9.17) is 5.84 Å². The quantitative estimate of drug-likeness (QED) is 0.515. The van der Waals surface area contributed by atoms with Crippen LogP contribution in [0.25, 0.3) is 0 Å². The third-order valence-corrected chi connectivity index (χ3v) is 4.38. The van der Waals surface area contributed by atoms with Crippen molar-refractivity contribution in [1.29, 1.82) is 0 Å². The summed E-state index contributed by atoms with van der Waals surface area (Å²) in [5, 5.41) is 0. The second-order valence-corrected chi connectivity index (χ2v) is 5.75. The minimum absolute atomic E-state index is 0.554. The minimum Gasteiger partial charge on any atom is -0.271 e. The zero-order chi connectivity index (χ0) is 12.0. The van der Waals surface area contributed by atoms with Crippen molar-refractivity contribution in [3.8, 4) is 0 Å². The first-order chi connectivity index (χ1) is 7.71. The summed E-state index contributed by atoms with van der Waals surface area (Å²) in [6.07, 6.45) is 9.42. The van der Waals surface area contributed by atoms with E-state index in [2.05, 4.69) is 26.2 Å². The van der Waals surface area contributed by atoms with Crippen molar-refractivity contribution in [2.45, 2.75) is 71.8 Å². The average molecular weight is 226 g/mol. The number of hydrogen-bond acceptors (Lipinski definition) is 2. The fraction of sp³-hybridized carbons (Fsp3) is 1.00. The van der Waals surface area contributed by atoms with E-state index in [-0.39, 0.29) is 0 Å². The minimum atomic E-state index is 0.554. The highest BCUT2D eigenvalue weighted by molar-refractivity contribution is 4.84. The van der Waals surface area contributed by atoms with Crippen LogP contribution in [-0.4, -0.2) is 6.04 Å². The van der Waals surface area contributed by atoms with Gasteiger partial charge < -0.3 is 0 Å². The lowest BCUT2D eigenvalue weighted by Gasteiger charge is -2.26. The summed E-state index contributed by atoms with van der Waals surface area (Å²) in [5.74, 6) is 8.33. The predicted molar refractivity (Wildman–Crippen MR) is 70.9 cm³/mol. The zero-order valence-electron chi connectivity index (χ0n) is 11.3. The third kappa shape index (κ3) is 4.06. The van der Waals surface area contributed by atoms with Crippen LogP contribution in [0, 0.1) is 17.8 Å². The van der Waals surface area contributed by atoms with Crippen LogP contribution in [-0.2, 0) is 0 Å². The van der Waals surface area contributed by atoms with Crippen molar-refractivity contribution < 1.29 is 0 Å². The van der Waals surface area contributed by atoms with Gasteiger partial charge in [-0.15, -0.1) is 0 Å². The molecule has 16 heavy (non-hydrogen) atoms. The molecule has 0 aliphatic heterocycles. The Morgan fingerprint density at radius 3 is 2.56 bits per heavy atom. The van der Waals surface area contributed by atoms with E-state index in [1.54, 1.807) is 0 Å². The third-order valence-electron chi connectivity index (χ3n) is 4.38. The van der Waals surface area contributed by atoms with Gasteiger partial charge in [0.1, 0.15) is 0 Å². The fourth-order valence-corrected chi connectivity index (χ4v) is 3.29. The highest BCUT2D eigenvalue weighted by Gasteiger charge is 2.29. The van der Waals surface area contributed by atoms with Crippen molar-refractivity contribution in [3.63, 3.8) is 0 Å². The maximum Gasteiger partial charge on any atom is 0.0241 e. The van der Waals surface area contributed by atoms with Crippen LogP contribution >= 0.6 is 0 Å². The number of nitrogens with one attached hydrogen (secondary N) is 1. The van der Waals surface area contributed by atoms with Crippen LogP contribution in [0.4, 0.5) is 0 Å². The van der Waals surface area contributed by atoms with Gasteiger partial charge in [-0.1, -0.05) is 46.5 Å². The topological polar surface area (TPSA) is 38.0 Å². The molecule has 2 nitrogen and oxygen atoms in total. The maximum absolute atomic E-state index is 5.73. The largest absolute Gasteiger partial charge is 0.271 e. The molecule has 96 valence electrons. The molecule has 4 unspecified atom stereocenters. The molecular weight excluding hydrogens is 196 g/mol. The monoisotopic (exact) mass is 226 g/mol. The molecule has 3 N–H and O–H groups in total. The summed E-state index contributed by atoms with van der Waals surface area (Å²) in [4.78, 5) is 0. The Hall–Kier alpha value is -0.0800. The van der Waals surface area contributed by atoms with E-state index in [1.807, 2.05) is 0 Å². The molecule has 1 aliphatic rings. The van der Waals surface area contributed by atoms with Crippen LogP contribution in [0.2, 0.25) is 0 Å². The Balaban J connectivity index is 2.36. The Morgan fingerprint density at radius 1 is 1.31 bits per heavy atom. The highest BCUT2D eigenvalue weighted by atomic mass is 15.2. The van der Waals surface area contributed by atoms with Crippen molar-refractivity contribution in [2.24, 2.45) is 23.6 Å². The summed E-state index contributed by atoms with van der Waals surface area (Å²) in [7, 11) is 0. The molecule has 2 heteroatoms. The van der Waals surface area contributed by atoms with E-state index >= 15 is 0 Å². The van der Waals surface area contributed by atoms with Crippen molar-refractivity contribution in [2.75, 3.05) is 0 Å². The van der Waals surface area contributed by atoms with Gasteiger partial charge in [-0.2, -0.15) is 0 Å². The molecule has 1 saturated carbocycles. The van der Waals surface area contributed by atoms with Gasteiger partial charge in [-0.3, -0.25) is 11.3 Å². The SMILES string of the molecule is CCCC(C)CC(NN)C1CCC(CC)C1. The predicted octanol–water partition coefficient (Wildman–Crippen LogP) is 3.47. The molecule has 0 spiro atoms. The van der Waals surface area contributed by atoms with Crippen molar-refractivity contribution >= 4 is 0 Å². The summed E-state index contributed by atoms with van der Waals surface area (Å²) >= 11 is 0. The molecule has 0 bridgehead atoms. The number of nitrogens with two attached hydrogens (primary N) is 1. The van der Waals surface area contributed by atoms with Crippen LogP contribution in [0.1, 0.15) is 65.7 Å². The average Bonchev–Trinajstić information content (AvgIpc) is 2.74. The molecule has 1 fully saturated rings. The Kier molecular flexibility index (Phi) is 6.37. The number of hydrogen-bond donors (Lipinski definition) is 2. The number of rotatable bonds is 7. The van der Waals surface area contributed by atoms with Gasteiger partial charge in [0.25, 0.3) is 0 Å². The zero-order valence-corrected chi connectivity index (χ0v) is 11.3. The van der Waals surface area contributed by atoms with Gasteiger partial charge in [0.05, 0.1) is 0 Å². The second-order valence-electron chi connectivity index (χ2n) is 5.75. The molecule has 0 saturated heterocycles. The summed E-state index contributed by atoms with van der Waals surface area (Å²) in [6.45, 7) is 6.95. The van der Waals surface area contributed by atoms with Crippen LogP contribution in [0.15, 0.2) is 0 Å². The Bertz CT molecular complexity index is 182. The molecular formula is C14H30N2. The molecule has 4 atom stereocenters. The van der Waals surface area contributed by atoms with E-state index in [1.165, 1.54) is 44.9 Å². The normalized spacial score (nSPS) is 29.2. The molecule has 0 heterocycles. The molecule has 0 radical (unpaired) electrons. The van der Waals surface area contributed by atoms with Crippen LogP contribution in [0.3, 0.4) is 0 Å². The first kappa shape index (κ1) is 14.0. The molecule has 0 aromatic heterocycles. The maximum atomic E-state index is 5.73. The van der Waals surface area contributed by atoms with Gasteiger partial charge in [0.15, 0.2) is 0 Å². The van der Waals surface area contributed by atoms with Crippen LogP contribution in [0.5, 0.6) is 0 Å². The van der Waals surface area contributed by atoms with Crippen molar-refractivity contribution in [1.82, 2.24) is 5.43 Å². The lowest BCUT2D eigenvalue weighted by molar-refractivity contribution is 0.289. The van der Waals surface area contributed by atoms with Gasteiger partial charge >= 0.3 is 0 Å². The first-order valence-electron chi connectivity index (χ1n) is 7.17. The Morgan fingerprint density at radius 2 is 2.06 bits per heavy atom. The van der Waals surface area contributed by atoms with E-state index in [0.29, 0.717) is 6.04 Å². The van der Waals surface area contributed by atoms with E-state index in [0.717, 1.165) is 17.8 Å². The lowest BCUT2D eigenvalue weighted by Crippen LogP contribution is -2.41. The molecule has 1 aliphatic carbocycles. The first-order valence-corrected chi connectivity index (χ1v) is 7.17. The van der Waals surface area contributed by atoms with Gasteiger partial charge in [0.2, 0.25) is 0 Å².